The number of rotatable bonds is 7. The van der Waals surface area contributed by atoms with E-state index >= 15 is 0 Å². The molecule has 0 unspecified atom stereocenters. The number of esters is 1. The molecule has 10 nitrogen and oxygen atoms in total. The highest BCUT2D eigenvalue weighted by atomic mass is 35.5. The summed E-state index contributed by atoms with van der Waals surface area (Å²) in [5.41, 5.74) is 1.78. The third kappa shape index (κ3) is 7.48. The lowest BCUT2D eigenvalue weighted by Crippen LogP contribution is -2.35. The Labute approximate surface area is 276 Å². The maximum Gasteiger partial charge on any atom is 0.338 e. The highest BCUT2D eigenvalue weighted by Crippen LogP contribution is 2.33. The number of morpholine rings is 1. The monoisotopic (exact) mass is 671 g/mol. The van der Waals surface area contributed by atoms with Gasteiger partial charge >= 0.3 is 5.97 Å². The van der Waals surface area contributed by atoms with Gasteiger partial charge in [-0.3, -0.25) is 19.5 Å². The second-order valence-electron chi connectivity index (χ2n) is 11.0. The number of benzene rings is 1. The molecule has 3 aromatic heterocycles. The Hall–Kier alpha value is -3.54. The first kappa shape index (κ1) is 32.8. The van der Waals surface area contributed by atoms with Crippen LogP contribution in [0.5, 0.6) is 0 Å². The minimum atomic E-state index is -0.636. The van der Waals surface area contributed by atoms with E-state index in [-0.39, 0.29) is 51.8 Å². The lowest BCUT2D eigenvalue weighted by molar-refractivity contribution is 0.0172. The predicted molar refractivity (Wildman–Crippen MR) is 175 cm³/mol. The SMILES string of the molecule is Cl.O=C(OC1CCC(n2cc(C(=O)Nc3c(Cl)cncc3Cl)c(=O)c3cccnc32)CC1)c1cccc(CN2CCOCC2)c1. The summed E-state index contributed by atoms with van der Waals surface area (Å²) in [4.78, 5) is 50.4. The van der Waals surface area contributed by atoms with Crippen molar-refractivity contribution in [3.8, 4) is 0 Å². The average molecular weight is 673 g/mol. The number of hydrogen-bond donors (Lipinski definition) is 1. The van der Waals surface area contributed by atoms with Gasteiger partial charge < -0.3 is 19.4 Å². The maximum atomic E-state index is 13.4. The number of amides is 1. The largest absolute Gasteiger partial charge is 0.459 e. The molecule has 0 radical (unpaired) electrons. The van der Waals surface area contributed by atoms with Gasteiger partial charge in [0.1, 0.15) is 17.3 Å². The molecule has 2 aliphatic rings. The molecule has 1 aliphatic heterocycles. The fourth-order valence-corrected chi connectivity index (χ4v) is 6.27. The molecule has 1 saturated carbocycles. The van der Waals surface area contributed by atoms with E-state index in [1.807, 2.05) is 22.8 Å². The molecule has 4 aromatic rings. The van der Waals surface area contributed by atoms with Crippen molar-refractivity contribution in [2.24, 2.45) is 0 Å². The van der Waals surface area contributed by atoms with E-state index in [9.17, 15) is 14.4 Å². The van der Waals surface area contributed by atoms with Crippen molar-refractivity contribution in [3.63, 3.8) is 0 Å². The molecule has 6 rings (SSSR count). The highest BCUT2D eigenvalue weighted by molar-refractivity contribution is 6.39. The van der Waals surface area contributed by atoms with Crippen LogP contribution in [0.2, 0.25) is 10.0 Å². The first-order chi connectivity index (χ1) is 21.4. The van der Waals surface area contributed by atoms with Crippen molar-refractivity contribution >= 4 is 64.2 Å². The second kappa shape index (κ2) is 14.7. The standard InChI is InChI=1S/C32H31Cl2N5O5.ClH/c33-26-16-35-17-27(34)28(26)37-31(41)25-19-39(30-24(29(25)40)5-2-10-36-30)22-6-8-23(9-7-22)44-32(42)21-4-1-3-20(15-21)18-38-11-13-43-14-12-38;/h1-5,10,15-17,19,22-23H,6-9,11-14,18H2,(H,35,37,41);1H. The molecule has 0 atom stereocenters. The molecule has 1 aliphatic carbocycles. The van der Waals surface area contributed by atoms with Crippen LogP contribution >= 0.6 is 35.6 Å². The number of ether oxygens (including phenoxy) is 2. The van der Waals surface area contributed by atoms with Crippen molar-refractivity contribution in [2.45, 2.75) is 44.4 Å². The fourth-order valence-electron chi connectivity index (χ4n) is 5.81. The number of aromatic nitrogens is 3. The van der Waals surface area contributed by atoms with Crippen LogP contribution in [-0.4, -0.2) is 63.7 Å². The maximum absolute atomic E-state index is 13.4. The summed E-state index contributed by atoms with van der Waals surface area (Å²) in [6.07, 6.45) is 8.26. The fraction of sp³-hybridized carbons (Fsp3) is 0.344. The summed E-state index contributed by atoms with van der Waals surface area (Å²) in [6.45, 7) is 3.95. The van der Waals surface area contributed by atoms with Crippen LogP contribution in [0.4, 0.5) is 5.69 Å². The van der Waals surface area contributed by atoms with Crippen LogP contribution in [0.1, 0.15) is 58.0 Å². The van der Waals surface area contributed by atoms with Crippen molar-refractivity contribution in [3.05, 3.63) is 98.1 Å². The number of hydrogen-bond acceptors (Lipinski definition) is 8. The Morgan fingerprint density at radius 2 is 1.76 bits per heavy atom. The molecule has 2 fully saturated rings. The van der Waals surface area contributed by atoms with Gasteiger partial charge in [-0.05, 0) is 55.5 Å². The third-order valence-electron chi connectivity index (χ3n) is 8.11. The summed E-state index contributed by atoms with van der Waals surface area (Å²) in [5, 5.41) is 3.31. The molecule has 0 spiro atoms. The molecule has 1 saturated heterocycles. The molecule has 13 heteroatoms. The van der Waals surface area contributed by atoms with Gasteiger partial charge in [-0.15, -0.1) is 12.4 Å². The molecule has 236 valence electrons. The smallest absolute Gasteiger partial charge is 0.338 e. The van der Waals surface area contributed by atoms with Gasteiger partial charge in [0.25, 0.3) is 5.91 Å². The third-order valence-corrected chi connectivity index (χ3v) is 8.68. The first-order valence-electron chi connectivity index (χ1n) is 14.6. The molecular weight excluding hydrogens is 641 g/mol. The van der Waals surface area contributed by atoms with Gasteiger partial charge in [0.05, 0.1) is 39.9 Å². The number of halogens is 3. The van der Waals surface area contributed by atoms with Gasteiger partial charge in [-0.25, -0.2) is 9.78 Å². The Bertz CT molecular complexity index is 1730. The zero-order valence-corrected chi connectivity index (χ0v) is 26.6. The minimum absolute atomic E-state index is 0. The number of nitrogens with one attached hydrogen (secondary N) is 1. The van der Waals surface area contributed by atoms with Crippen LogP contribution < -0.4 is 10.7 Å². The van der Waals surface area contributed by atoms with E-state index < -0.39 is 11.3 Å². The molecule has 0 bridgehead atoms. The number of anilines is 1. The predicted octanol–water partition coefficient (Wildman–Crippen LogP) is 5.95. The van der Waals surface area contributed by atoms with Crippen molar-refractivity contribution in [2.75, 3.05) is 31.6 Å². The quantitative estimate of drug-likeness (QED) is 0.240. The lowest BCUT2D eigenvalue weighted by Gasteiger charge is -2.31. The van der Waals surface area contributed by atoms with E-state index in [0.29, 0.717) is 42.3 Å². The molecule has 4 heterocycles. The van der Waals surface area contributed by atoms with Crippen molar-refractivity contribution in [1.29, 1.82) is 0 Å². The number of carbonyl (C=O) groups is 2. The van der Waals surface area contributed by atoms with Crippen LogP contribution in [0.25, 0.3) is 11.0 Å². The summed E-state index contributed by atoms with van der Waals surface area (Å²) in [6, 6.07) is 10.9. The average Bonchev–Trinajstić information content (AvgIpc) is 3.04. The van der Waals surface area contributed by atoms with Gasteiger partial charge in [0.15, 0.2) is 0 Å². The van der Waals surface area contributed by atoms with Gasteiger partial charge in [0.2, 0.25) is 5.43 Å². The Kier molecular flexibility index (Phi) is 10.7. The van der Waals surface area contributed by atoms with E-state index in [4.69, 9.17) is 32.7 Å². The van der Waals surface area contributed by atoms with Crippen LogP contribution in [-0.2, 0) is 16.0 Å². The van der Waals surface area contributed by atoms with Crippen LogP contribution in [0.3, 0.4) is 0 Å². The van der Waals surface area contributed by atoms with E-state index in [0.717, 1.165) is 38.4 Å². The van der Waals surface area contributed by atoms with Gasteiger partial charge in [-0.2, -0.15) is 0 Å². The number of nitrogens with zero attached hydrogens (tertiary/aromatic N) is 4. The van der Waals surface area contributed by atoms with Gasteiger partial charge in [0, 0.05) is 50.5 Å². The minimum Gasteiger partial charge on any atom is -0.459 e. The lowest BCUT2D eigenvalue weighted by atomic mass is 9.92. The summed E-state index contributed by atoms with van der Waals surface area (Å²) >= 11 is 12.4. The van der Waals surface area contributed by atoms with Crippen LogP contribution in [0.15, 0.2) is 66.0 Å². The zero-order valence-electron chi connectivity index (χ0n) is 24.3. The van der Waals surface area contributed by atoms with Crippen molar-refractivity contribution < 1.29 is 19.1 Å². The number of carbonyl (C=O) groups excluding carboxylic acids is 2. The second-order valence-corrected chi connectivity index (χ2v) is 11.8. The number of pyridine rings is 3. The molecule has 1 aromatic carbocycles. The topological polar surface area (TPSA) is 116 Å². The summed E-state index contributed by atoms with van der Waals surface area (Å²) in [7, 11) is 0. The van der Waals surface area contributed by atoms with E-state index in [1.165, 1.54) is 12.4 Å². The van der Waals surface area contributed by atoms with Crippen LogP contribution in [0, 0.1) is 0 Å². The zero-order chi connectivity index (χ0) is 30.6. The van der Waals surface area contributed by atoms with Gasteiger partial charge in [-0.1, -0.05) is 35.3 Å². The van der Waals surface area contributed by atoms with Crippen molar-refractivity contribution in [1.82, 2.24) is 19.4 Å². The highest BCUT2D eigenvalue weighted by Gasteiger charge is 2.28. The Balaban J connectivity index is 0.00000400. The molecular formula is C32H32Cl3N5O5. The Morgan fingerprint density at radius 1 is 1.02 bits per heavy atom. The summed E-state index contributed by atoms with van der Waals surface area (Å²) < 4.78 is 13.2. The Morgan fingerprint density at radius 3 is 2.49 bits per heavy atom. The van der Waals surface area contributed by atoms with E-state index in [1.54, 1.807) is 30.6 Å². The summed E-state index contributed by atoms with van der Waals surface area (Å²) in [5.74, 6) is -0.969. The molecule has 1 amide bonds. The first-order valence-corrected chi connectivity index (χ1v) is 15.3. The molecule has 1 N–H and O–H groups in total. The molecule has 45 heavy (non-hydrogen) atoms. The van der Waals surface area contributed by atoms with E-state index in [2.05, 4.69) is 20.2 Å². The number of fused-ring (bicyclic) bond motifs is 1. The normalized spacial score (nSPS) is 18.6.